The first-order chi connectivity index (χ1) is 15.2. The normalized spacial score (nSPS) is 15.5. The fourth-order valence-electron chi connectivity index (χ4n) is 3.99. The molecule has 0 aliphatic carbocycles. The molecule has 1 aromatic heterocycles. The van der Waals surface area contributed by atoms with E-state index in [-0.39, 0.29) is 5.92 Å². The van der Waals surface area contributed by atoms with Crippen LogP contribution in [0.4, 0.5) is 0 Å². The lowest BCUT2D eigenvalue weighted by atomic mass is 9.90. The van der Waals surface area contributed by atoms with Gasteiger partial charge in [0.25, 0.3) is 0 Å². The molecule has 154 valence electrons. The van der Waals surface area contributed by atoms with Gasteiger partial charge in [0, 0.05) is 32.7 Å². The van der Waals surface area contributed by atoms with Gasteiger partial charge in [0.05, 0.1) is 24.6 Å². The molecule has 0 spiro atoms. The average Bonchev–Trinajstić information content (AvgIpc) is 2.81. The van der Waals surface area contributed by atoms with Gasteiger partial charge in [-0.3, -0.25) is 0 Å². The first-order valence-corrected chi connectivity index (χ1v) is 11.0. The number of aromatic nitrogens is 2. The van der Waals surface area contributed by atoms with Gasteiger partial charge < -0.3 is 4.74 Å². The van der Waals surface area contributed by atoms with E-state index < -0.39 is 0 Å². The maximum absolute atomic E-state index is 6.13. The summed E-state index contributed by atoms with van der Waals surface area (Å²) in [6.45, 7) is 1.13. The van der Waals surface area contributed by atoms with Crippen LogP contribution in [-0.4, -0.2) is 16.6 Å². The second-order valence-electron chi connectivity index (χ2n) is 7.68. The fourth-order valence-corrected chi connectivity index (χ4v) is 4.24. The topological polar surface area (TPSA) is 35.0 Å². The summed E-state index contributed by atoms with van der Waals surface area (Å²) in [5, 5.41) is 1.44. The van der Waals surface area contributed by atoms with Gasteiger partial charge in [-0.1, -0.05) is 77.8 Å². The summed E-state index contributed by atoms with van der Waals surface area (Å²) < 4.78 is 6.00. The van der Waals surface area contributed by atoms with Crippen LogP contribution in [0, 0.1) is 0 Å². The van der Waals surface area contributed by atoms with Crippen LogP contribution in [0.1, 0.15) is 22.7 Å². The minimum atomic E-state index is 0.140. The number of fused-ring (bicyclic) bond motifs is 1. The van der Waals surface area contributed by atoms with Crippen molar-refractivity contribution < 1.29 is 4.74 Å². The lowest BCUT2D eigenvalue weighted by Gasteiger charge is -2.27. The highest BCUT2D eigenvalue weighted by molar-refractivity contribution is 6.30. The van der Waals surface area contributed by atoms with Crippen molar-refractivity contribution >= 4 is 23.2 Å². The Bertz CT molecular complexity index is 1190. The molecule has 1 aliphatic rings. The van der Waals surface area contributed by atoms with E-state index in [0.29, 0.717) is 18.2 Å². The predicted molar refractivity (Wildman–Crippen MR) is 125 cm³/mol. The molecular formula is C26H20Cl2N2O. The van der Waals surface area contributed by atoms with Gasteiger partial charge in [-0.15, -0.1) is 0 Å². The fraction of sp³-hybridized carbons (Fsp3) is 0.154. The minimum absolute atomic E-state index is 0.140. The molecule has 0 radical (unpaired) electrons. The second-order valence-corrected chi connectivity index (χ2v) is 8.55. The highest BCUT2D eigenvalue weighted by Crippen LogP contribution is 2.36. The molecule has 0 amide bonds. The van der Waals surface area contributed by atoms with E-state index in [1.54, 1.807) is 0 Å². The molecule has 1 unspecified atom stereocenters. The van der Waals surface area contributed by atoms with Crippen LogP contribution < -0.4 is 0 Å². The average molecular weight is 447 g/mol. The third-order valence-corrected chi connectivity index (χ3v) is 6.04. The molecule has 3 aromatic carbocycles. The molecular weight excluding hydrogens is 427 g/mol. The molecule has 0 fully saturated rings. The molecule has 1 aliphatic heterocycles. The molecule has 31 heavy (non-hydrogen) atoms. The summed E-state index contributed by atoms with van der Waals surface area (Å²) in [6, 6.07) is 25.9. The number of halogens is 2. The third-order valence-electron chi connectivity index (χ3n) is 5.54. The Morgan fingerprint density at radius 3 is 2.16 bits per heavy atom. The highest BCUT2D eigenvalue weighted by atomic mass is 35.5. The zero-order chi connectivity index (χ0) is 21.2. The largest absolute Gasteiger partial charge is 0.376 e. The molecule has 5 rings (SSSR count). The standard InChI is InChI=1S/C26H20Cl2N2O/c27-21-10-6-17(7-11-21)14-20-15-31-16-23-24(18-8-12-22(28)13-9-18)29-26(30-25(20)23)19-4-2-1-3-5-19/h1-13,20H,14-16H2. The van der Waals surface area contributed by atoms with Crippen LogP contribution in [0.3, 0.4) is 0 Å². The molecule has 0 bridgehead atoms. The van der Waals surface area contributed by atoms with Crippen molar-refractivity contribution in [2.45, 2.75) is 18.9 Å². The summed E-state index contributed by atoms with van der Waals surface area (Å²) in [7, 11) is 0. The first-order valence-electron chi connectivity index (χ1n) is 10.2. The van der Waals surface area contributed by atoms with E-state index in [9.17, 15) is 0 Å². The summed E-state index contributed by atoms with van der Waals surface area (Å²) in [4.78, 5) is 10.00. The Morgan fingerprint density at radius 1 is 0.774 bits per heavy atom. The molecule has 0 N–H and O–H groups in total. The van der Waals surface area contributed by atoms with Gasteiger partial charge in [0.1, 0.15) is 0 Å². The van der Waals surface area contributed by atoms with Crippen molar-refractivity contribution in [2.75, 3.05) is 6.61 Å². The molecule has 5 heteroatoms. The molecule has 3 nitrogen and oxygen atoms in total. The van der Waals surface area contributed by atoms with Crippen LogP contribution in [-0.2, 0) is 17.8 Å². The lowest BCUT2D eigenvalue weighted by molar-refractivity contribution is 0.0891. The van der Waals surface area contributed by atoms with Crippen molar-refractivity contribution in [1.29, 1.82) is 0 Å². The van der Waals surface area contributed by atoms with Crippen molar-refractivity contribution in [3.63, 3.8) is 0 Å². The van der Waals surface area contributed by atoms with Gasteiger partial charge in [-0.25, -0.2) is 9.97 Å². The van der Waals surface area contributed by atoms with Crippen molar-refractivity contribution in [3.05, 3.63) is 106 Å². The lowest BCUT2D eigenvalue weighted by Crippen LogP contribution is -2.22. The van der Waals surface area contributed by atoms with Gasteiger partial charge in [-0.05, 0) is 36.2 Å². The van der Waals surface area contributed by atoms with E-state index in [1.807, 2.05) is 66.7 Å². The third kappa shape index (κ3) is 4.35. The number of hydrogen-bond donors (Lipinski definition) is 0. The number of hydrogen-bond acceptors (Lipinski definition) is 3. The van der Waals surface area contributed by atoms with Crippen LogP contribution in [0.15, 0.2) is 78.9 Å². The zero-order valence-electron chi connectivity index (χ0n) is 16.8. The smallest absolute Gasteiger partial charge is 0.160 e. The summed E-state index contributed by atoms with van der Waals surface area (Å²) in [6.07, 6.45) is 0.829. The van der Waals surface area contributed by atoms with E-state index in [4.69, 9.17) is 37.9 Å². The number of benzene rings is 3. The Labute approximate surface area is 191 Å². The number of ether oxygens (including phenoxy) is 1. The van der Waals surface area contributed by atoms with Crippen LogP contribution in [0.25, 0.3) is 22.6 Å². The Morgan fingerprint density at radius 2 is 1.45 bits per heavy atom. The number of nitrogens with zero attached hydrogens (tertiary/aromatic N) is 2. The van der Waals surface area contributed by atoms with Crippen molar-refractivity contribution in [3.8, 4) is 22.6 Å². The van der Waals surface area contributed by atoms with Crippen molar-refractivity contribution in [1.82, 2.24) is 9.97 Å². The van der Waals surface area contributed by atoms with E-state index in [0.717, 1.165) is 45.3 Å². The van der Waals surface area contributed by atoms with Gasteiger partial charge in [0.2, 0.25) is 0 Å². The quantitative estimate of drug-likeness (QED) is 0.339. The van der Waals surface area contributed by atoms with Crippen molar-refractivity contribution in [2.24, 2.45) is 0 Å². The molecule has 4 aromatic rings. The van der Waals surface area contributed by atoms with E-state index in [2.05, 4.69) is 12.1 Å². The van der Waals surface area contributed by atoms with Gasteiger partial charge in [-0.2, -0.15) is 0 Å². The second kappa shape index (κ2) is 8.80. The Hall–Kier alpha value is -2.72. The first kappa shape index (κ1) is 20.2. The molecule has 0 saturated heterocycles. The maximum atomic E-state index is 6.13. The van der Waals surface area contributed by atoms with E-state index in [1.165, 1.54) is 5.56 Å². The molecule has 0 saturated carbocycles. The van der Waals surface area contributed by atoms with Crippen LogP contribution in [0.5, 0.6) is 0 Å². The zero-order valence-corrected chi connectivity index (χ0v) is 18.3. The van der Waals surface area contributed by atoms with Crippen LogP contribution >= 0.6 is 23.2 Å². The SMILES string of the molecule is Clc1ccc(CC2COCc3c(-c4ccc(Cl)cc4)nc(-c4ccccc4)nc32)cc1. The predicted octanol–water partition coefficient (Wildman–Crippen LogP) is 6.97. The van der Waals surface area contributed by atoms with Gasteiger partial charge in [0.15, 0.2) is 5.82 Å². The maximum Gasteiger partial charge on any atom is 0.160 e. The molecule has 2 heterocycles. The van der Waals surface area contributed by atoms with E-state index >= 15 is 0 Å². The summed E-state index contributed by atoms with van der Waals surface area (Å²) in [5.74, 6) is 0.869. The Balaban J connectivity index is 1.64. The summed E-state index contributed by atoms with van der Waals surface area (Å²) in [5.41, 5.74) is 6.22. The highest BCUT2D eigenvalue weighted by Gasteiger charge is 2.27. The minimum Gasteiger partial charge on any atom is -0.376 e. The Kier molecular flexibility index (Phi) is 5.73. The monoisotopic (exact) mass is 446 g/mol. The van der Waals surface area contributed by atoms with Crippen LogP contribution in [0.2, 0.25) is 10.0 Å². The van der Waals surface area contributed by atoms with Gasteiger partial charge >= 0.3 is 0 Å². The summed E-state index contributed by atoms with van der Waals surface area (Å²) >= 11 is 12.2. The molecule has 1 atom stereocenters. The number of rotatable bonds is 4.